The second-order valence-corrected chi connectivity index (χ2v) is 4.92. The number of methoxy groups -OCH3 is 1. The first kappa shape index (κ1) is 17.3. The van der Waals surface area contributed by atoms with Gasteiger partial charge in [-0.3, -0.25) is 4.79 Å². The van der Waals surface area contributed by atoms with Gasteiger partial charge in [0, 0.05) is 26.7 Å². The van der Waals surface area contributed by atoms with Crippen LogP contribution in [0.2, 0.25) is 0 Å². The number of rotatable bonds is 10. The van der Waals surface area contributed by atoms with Crippen molar-refractivity contribution in [2.75, 3.05) is 32.6 Å². The summed E-state index contributed by atoms with van der Waals surface area (Å²) in [7, 11) is 1.65. The Bertz CT molecular complexity index is 436. The normalized spacial score (nSPS) is 10.4. The molecule has 1 aromatic carbocycles. The van der Waals surface area contributed by atoms with Crippen LogP contribution in [0.25, 0.3) is 0 Å². The first-order valence-electron chi connectivity index (χ1n) is 7.44. The SMILES string of the molecule is CCCOc1ccc(CCC(=O)NCCCOC)cc1N. The lowest BCUT2D eigenvalue weighted by atomic mass is 10.1. The van der Waals surface area contributed by atoms with Gasteiger partial charge in [0.2, 0.25) is 5.91 Å². The number of hydrogen-bond donors (Lipinski definition) is 2. The van der Waals surface area contributed by atoms with Gasteiger partial charge in [-0.1, -0.05) is 13.0 Å². The van der Waals surface area contributed by atoms with Crippen molar-refractivity contribution in [3.05, 3.63) is 23.8 Å². The monoisotopic (exact) mass is 294 g/mol. The Morgan fingerprint density at radius 2 is 2.14 bits per heavy atom. The largest absolute Gasteiger partial charge is 0.491 e. The summed E-state index contributed by atoms with van der Waals surface area (Å²) in [6.45, 7) is 4.03. The fourth-order valence-electron chi connectivity index (χ4n) is 1.89. The number of benzene rings is 1. The Morgan fingerprint density at radius 3 is 2.81 bits per heavy atom. The fourth-order valence-corrected chi connectivity index (χ4v) is 1.89. The summed E-state index contributed by atoms with van der Waals surface area (Å²) < 4.78 is 10.5. The van der Waals surface area contributed by atoms with Crippen LogP contribution in [0.4, 0.5) is 5.69 Å². The number of carbonyl (C=O) groups excluding carboxylic acids is 1. The molecule has 0 atom stereocenters. The van der Waals surface area contributed by atoms with Gasteiger partial charge in [-0.25, -0.2) is 0 Å². The molecule has 0 unspecified atom stereocenters. The van der Waals surface area contributed by atoms with Crippen LogP contribution in [0.3, 0.4) is 0 Å². The van der Waals surface area contributed by atoms with Crippen molar-refractivity contribution in [2.24, 2.45) is 0 Å². The molecule has 3 N–H and O–H groups in total. The van der Waals surface area contributed by atoms with Gasteiger partial charge in [0.15, 0.2) is 0 Å². The van der Waals surface area contributed by atoms with Crippen molar-refractivity contribution >= 4 is 11.6 Å². The molecule has 1 aromatic rings. The molecule has 0 fully saturated rings. The predicted molar refractivity (Wildman–Crippen MR) is 84.5 cm³/mol. The molecule has 1 amide bonds. The van der Waals surface area contributed by atoms with E-state index in [1.54, 1.807) is 7.11 Å². The van der Waals surface area contributed by atoms with Crippen LogP contribution in [0.15, 0.2) is 18.2 Å². The Kier molecular flexibility index (Phi) is 8.28. The lowest BCUT2D eigenvalue weighted by molar-refractivity contribution is -0.121. The number of hydrogen-bond acceptors (Lipinski definition) is 4. The van der Waals surface area contributed by atoms with Crippen molar-refractivity contribution in [1.82, 2.24) is 5.32 Å². The molecule has 0 aromatic heterocycles. The molecule has 0 heterocycles. The highest BCUT2D eigenvalue weighted by Crippen LogP contribution is 2.23. The van der Waals surface area contributed by atoms with Crippen LogP contribution in [0.5, 0.6) is 5.75 Å². The van der Waals surface area contributed by atoms with Crippen molar-refractivity contribution < 1.29 is 14.3 Å². The standard InChI is InChI=1S/C16H26N2O3/c1-3-10-21-15-7-5-13(12-14(15)17)6-8-16(19)18-9-4-11-20-2/h5,7,12H,3-4,6,8-11,17H2,1-2H3,(H,18,19). The van der Waals surface area contributed by atoms with E-state index in [-0.39, 0.29) is 5.91 Å². The molecule has 0 radical (unpaired) electrons. The van der Waals surface area contributed by atoms with Gasteiger partial charge in [-0.2, -0.15) is 0 Å². The molecule has 118 valence electrons. The van der Waals surface area contributed by atoms with E-state index in [2.05, 4.69) is 12.2 Å². The summed E-state index contributed by atoms with van der Waals surface area (Å²) in [4.78, 5) is 11.7. The zero-order chi connectivity index (χ0) is 15.5. The Morgan fingerprint density at radius 1 is 1.33 bits per heavy atom. The highest BCUT2D eigenvalue weighted by atomic mass is 16.5. The minimum Gasteiger partial charge on any atom is -0.491 e. The molecule has 0 spiro atoms. The molecule has 21 heavy (non-hydrogen) atoms. The van der Waals surface area contributed by atoms with Crippen molar-refractivity contribution in [1.29, 1.82) is 0 Å². The maximum Gasteiger partial charge on any atom is 0.220 e. The van der Waals surface area contributed by atoms with E-state index in [4.69, 9.17) is 15.2 Å². The summed E-state index contributed by atoms with van der Waals surface area (Å²) >= 11 is 0. The number of carbonyl (C=O) groups is 1. The predicted octanol–water partition coefficient (Wildman–Crippen LogP) is 2.14. The summed E-state index contributed by atoms with van der Waals surface area (Å²) in [5, 5.41) is 2.87. The molecule has 0 saturated carbocycles. The van der Waals surface area contributed by atoms with Gasteiger partial charge in [-0.05, 0) is 37.0 Å². The Labute approximate surface area is 126 Å². The molecule has 0 saturated heterocycles. The van der Waals surface area contributed by atoms with E-state index < -0.39 is 0 Å². The molecule has 0 aliphatic carbocycles. The topological polar surface area (TPSA) is 73.6 Å². The van der Waals surface area contributed by atoms with E-state index in [0.717, 1.165) is 18.4 Å². The quantitative estimate of drug-likeness (QED) is 0.512. The number of amides is 1. The smallest absolute Gasteiger partial charge is 0.220 e. The summed E-state index contributed by atoms with van der Waals surface area (Å²) in [5.74, 6) is 0.764. The van der Waals surface area contributed by atoms with Crippen LogP contribution in [-0.4, -0.2) is 32.8 Å². The van der Waals surface area contributed by atoms with Crippen LogP contribution < -0.4 is 15.8 Å². The van der Waals surface area contributed by atoms with Gasteiger partial charge in [0.25, 0.3) is 0 Å². The van der Waals surface area contributed by atoms with Gasteiger partial charge >= 0.3 is 0 Å². The number of anilines is 1. The second-order valence-electron chi connectivity index (χ2n) is 4.92. The molecule has 0 bridgehead atoms. The highest BCUT2D eigenvalue weighted by Gasteiger charge is 2.05. The molecule has 5 heteroatoms. The van der Waals surface area contributed by atoms with E-state index >= 15 is 0 Å². The number of nitrogens with one attached hydrogen (secondary N) is 1. The Hall–Kier alpha value is -1.75. The maximum absolute atomic E-state index is 11.7. The summed E-state index contributed by atoms with van der Waals surface area (Å²) in [5.41, 5.74) is 7.61. The van der Waals surface area contributed by atoms with Crippen LogP contribution in [0.1, 0.15) is 31.7 Å². The number of nitrogens with two attached hydrogens (primary N) is 1. The number of ether oxygens (including phenoxy) is 2. The second kappa shape index (κ2) is 10.0. The lowest BCUT2D eigenvalue weighted by Gasteiger charge is -2.10. The molecular formula is C16H26N2O3. The minimum absolute atomic E-state index is 0.0518. The zero-order valence-corrected chi connectivity index (χ0v) is 13.0. The van der Waals surface area contributed by atoms with Crippen LogP contribution in [-0.2, 0) is 16.0 Å². The molecule has 0 aliphatic rings. The Balaban J connectivity index is 2.34. The number of nitrogen functional groups attached to an aromatic ring is 1. The molecule has 1 rings (SSSR count). The van der Waals surface area contributed by atoms with Crippen molar-refractivity contribution in [3.8, 4) is 5.75 Å². The van der Waals surface area contributed by atoms with Gasteiger partial charge in [-0.15, -0.1) is 0 Å². The highest BCUT2D eigenvalue weighted by molar-refractivity contribution is 5.76. The third-order valence-corrected chi connectivity index (χ3v) is 3.02. The average molecular weight is 294 g/mol. The van der Waals surface area contributed by atoms with Gasteiger partial charge < -0.3 is 20.5 Å². The van der Waals surface area contributed by atoms with E-state index in [1.807, 2.05) is 18.2 Å². The van der Waals surface area contributed by atoms with E-state index in [1.165, 1.54) is 0 Å². The summed E-state index contributed by atoms with van der Waals surface area (Å²) in [6, 6.07) is 5.71. The van der Waals surface area contributed by atoms with Gasteiger partial charge in [0.1, 0.15) is 5.75 Å². The first-order valence-corrected chi connectivity index (χ1v) is 7.44. The lowest BCUT2D eigenvalue weighted by Crippen LogP contribution is -2.25. The van der Waals surface area contributed by atoms with E-state index in [9.17, 15) is 4.79 Å². The minimum atomic E-state index is 0.0518. The van der Waals surface area contributed by atoms with E-state index in [0.29, 0.717) is 44.0 Å². The fraction of sp³-hybridized carbons (Fsp3) is 0.562. The van der Waals surface area contributed by atoms with Crippen LogP contribution >= 0.6 is 0 Å². The van der Waals surface area contributed by atoms with Crippen LogP contribution in [0, 0.1) is 0 Å². The van der Waals surface area contributed by atoms with Crippen molar-refractivity contribution in [2.45, 2.75) is 32.6 Å². The summed E-state index contributed by atoms with van der Waals surface area (Å²) in [6.07, 6.45) is 2.92. The average Bonchev–Trinajstić information content (AvgIpc) is 2.48. The number of aryl methyl sites for hydroxylation is 1. The third kappa shape index (κ3) is 6.99. The maximum atomic E-state index is 11.7. The van der Waals surface area contributed by atoms with Crippen molar-refractivity contribution in [3.63, 3.8) is 0 Å². The molecule has 5 nitrogen and oxygen atoms in total. The molecule has 0 aliphatic heterocycles. The molecular weight excluding hydrogens is 268 g/mol. The third-order valence-electron chi connectivity index (χ3n) is 3.02. The first-order chi connectivity index (χ1) is 10.2. The van der Waals surface area contributed by atoms with Gasteiger partial charge in [0.05, 0.1) is 12.3 Å². The zero-order valence-electron chi connectivity index (χ0n) is 13.0.